The monoisotopic (exact) mass is 359 g/mol. The molecular formula is C17H14ClN3O2S. The van der Waals surface area contributed by atoms with Crippen molar-refractivity contribution in [1.29, 1.82) is 0 Å². The van der Waals surface area contributed by atoms with Gasteiger partial charge in [0.05, 0.1) is 12.7 Å². The van der Waals surface area contributed by atoms with Crippen LogP contribution in [-0.2, 0) is 0 Å². The fourth-order valence-corrected chi connectivity index (χ4v) is 3.02. The first-order chi connectivity index (χ1) is 11.6. The van der Waals surface area contributed by atoms with Crippen LogP contribution in [0.3, 0.4) is 0 Å². The first kappa shape index (κ1) is 16.4. The second-order valence-corrected chi connectivity index (χ2v) is 6.49. The summed E-state index contributed by atoms with van der Waals surface area (Å²) < 4.78 is 5.19. The largest absolute Gasteiger partial charge is 0.496 e. The third-order valence-corrected chi connectivity index (χ3v) is 4.47. The van der Waals surface area contributed by atoms with Crippen molar-refractivity contribution in [2.75, 3.05) is 12.4 Å². The maximum absolute atomic E-state index is 12.4. The lowest BCUT2D eigenvalue weighted by atomic mass is 10.2. The molecule has 0 radical (unpaired) electrons. The Balaban J connectivity index is 1.81. The molecule has 24 heavy (non-hydrogen) atoms. The first-order valence-electron chi connectivity index (χ1n) is 7.12. The average Bonchev–Trinajstić information content (AvgIpc) is 3.04. The Labute approximate surface area is 148 Å². The lowest BCUT2D eigenvalue weighted by molar-refractivity contribution is 0.102. The summed E-state index contributed by atoms with van der Waals surface area (Å²) in [6.45, 7) is 2.02. The molecule has 0 atom stereocenters. The lowest BCUT2D eigenvalue weighted by Crippen LogP contribution is -2.13. The number of aromatic nitrogens is 2. The van der Waals surface area contributed by atoms with E-state index in [4.69, 9.17) is 16.3 Å². The van der Waals surface area contributed by atoms with Gasteiger partial charge in [-0.05, 0) is 25.1 Å². The number of methoxy groups -OCH3 is 1. The summed E-state index contributed by atoms with van der Waals surface area (Å²) in [5.41, 5.74) is 2.47. The van der Waals surface area contributed by atoms with Crippen molar-refractivity contribution in [3.8, 4) is 16.3 Å². The van der Waals surface area contributed by atoms with E-state index in [2.05, 4.69) is 15.5 Å². The molecule has 1 heterocycles. The molecule has 1 N–H and O–H groups in total. The molecule has 0 saturated carbocycles. The Morgan fingerprint density at radius 3 is 2.62 bits per heavy atom. The van der Waals surface area contributed by atoms with Crippen LogP contribution in [-0.4, -0.2) is 23.2 Å². The first-order valence-corrected chi connectivity index (χ1v) is 8.31. The fraction of sp³-hybridized carbons (Fsp3) is 0.118. The number of carbonyl (C=O) groups excluding carboxylic acids is 1. The maximum Gasteiger partial charge on any atom is 0.261 e. The van der Waals surface area contributed by atoms with Crippen molar-refractivity contribution in [3.63, 3.8) is 0 Å². The van der Waals surface area contributed by atoms with Crippen LogP contribution in [0.5, 0.6) is 5.75 Å². The van der Waals surface area contributed by atoms with Gasteiger partial charge in [0.25, 0.3) is 5.91 Å². The molecule has 7 heteroatoms. The highest BCUT2D eigenvalue weighted by atomic mass is 35.5. The molecule has 0 unspecified atom stereocenters. The Morgan fingerprint density at radius 1 is 1.17 bits per heavy atom. The van der Waals surface area contributed by atoms with E-state index in [0.29, 0.717) is 21.5 Å². The molecule has 1 aromatic heterocycles. The Kier molecular flexibility index (Phi) is 4.78. The number of anilines is 1. The number of nitrogens with zero attached hydrogens (tertiary/aromatic N) is 2. The molecule has 5 nitrogen and oxygen atoms in total. The number of ether oxygens (including phenoxy) is 1. The molecule has 0 spiro atoms. The summed E-state index contributed by atoms with van der Waals surface area (Å²) in [5, 5.41) is 12.5. The Bertz CT molecular complexity index is 878. The summed E-state index contributed by atoms with van der Waals surface area (Å²) in [7, 11) is 1.50. The van der Waals surface area contributed by atoms with E-state index in [9.17, 15) is 4.79 Å². The van der Waals surface area contributed by atoms with Crippen molar-refractivity contribution in [3.05, 3.63) is 58.6 Å². The highest BCUT2D eigenvalue weighted by Gasteiger charge is 2.15. The van der Waals surface area contributed by atoms with Gasteiger partial charge in [-0.15, -0.1) is 10.2 Å². The van der Waals surface area contributed by atoms with Gasteiger partial charge < -0.3 is 4.74 Å². The predicted molar refractivity (Wildman–Crippen MR) is 96.0 cm³/mol. The number of benzene rings is 2. The smallest absolute Gasteiger partial charge is 0.261 e. The SMILES string of the molecule is COc1ccc(Cl)cc1C(=O)Nc1nnc(-c2ccc(C)cc2)s1. The zero-order chi connectivity index (χ0) is 17.1. The standard InChI is InChI=1S/C17H14ClN3O2S/c1-10-3-5-11(6-4-10)16-20-21-17(24-16)19-15(22)13-9-12(18)7-8-14(13)23-2/h3-9H,1-2H3,(H,19,21,22). The van der Waals surface area contributed by atoms with Gasteiger partial charge in [0.2, 0.25) is 5.13 Å². The number of carbonyl (C=O) groups is 1. The topological polar surface area (TPSA) is 64.1 Å². The van der Waals surface area contributed by atoms with E-state index in [-0.39, 0.29) is 5.91 Å². The molecule has 0 fully saturated rings. The van der Waals surface area contributed by atoms with Crippen LogP contribution in [0.25, 0.3) is 10.6 Å². The molecule has 0 saturated heterocycles. The number of hydrogen-bond acceptors (Lipinski definition) is 5. The van der Waals surface area contributed by atoms with Crippen LogP contribution < -0.4 is 10.1 Å². The van der Waals surface area contributed by atoms with Gasteiger partial charge in [-0.3, -0.25) is 10.1 Å². The van der Waals surface area contributed by atoms with E-state index >= 15 is 0 Å². The third-order valence-electron chi connectivity index (χ3n) is 3.35. The summed E-state index contributed by atoms with van der Waals surface area (Å²) in [4.78, 5) is 12.4. The molecular weight excluding hydrogens is 346 g/mol. The van der Waals surface area contributed by atoms with Crippen molar-refractivity contribution >= 4 is 34.0 Å². The zero-order valence-electron chi connectivity index (χ0n) is 13.0. The number of rotatable bonds is 4. The van der Waals surface area contributed by atoms with Crippen molar-refractivity contribution in [1.82, 2.24) is 10.2 Å². The predicted octanol–water partition coefficient (Wildman–Crippen LogP) is 4.43. The van der Waals surface area contributed by atoms with Crippen LogP contribution in [0, 0.1) is 6.92 Å². The normalized spacial score (nSPS) is 10.5. The minimum absolute atomic E-state index is 0.345. The second kappa shape index (κ2) is 6.98. The zero-order valence-corrected chi connectivity index (χ0v) is 14.6. The van der Waals surface area contributed by atoms with Crippen LogP contribution in [0.1, 0.15) is 15.9 Å². The molecule has 0 aliphatic rings. The number of halogens is 1. The minimum atomic E-state index is -0.346. The van der Waals surface area contributed by atoms with Crippen molar-refractivity contribution in [2.24, 2.45) is 0 Å². The highest BCUT2D eigenvalue weighted by Crippen LogP contribution is 2.28. The number of nitrogens with one attached hydrogen (secondary N) is 1. The summed E-state index contributed by atoms with van der Waals surface area (Å²) in [6.07, 6.45) is 0. The minimum Gasteiger partial charge on any atom is -0.496 e. The average molecular weight is 360 g/mol. The maximum atomic E-state index is 12.4. The summed E-state index contributed by atoms with van der Waals surface area (Å²) >= 11 is 7.26. The van der Waals surface area contributed by atoms with Gasteiger partial charge in [0, 0.05) is 10.6 Å². The Hall–Kier alpha value is -2.44. The summed E-state index contributed by atoms with van der Waals surface area (Å²) in [5.74, 6) is 0.0983. The van der Waals surface area contributed by atoms with E-state index in [1.807, 2.05) is 31.2 Å². The van der Waals surface area contributed by atoms with E-state index < -0.39 is 0 Å². The van der Waals surface area contributed by atoms with Gasteiger partial charge in [-0.2, -0.15) is 0 Å². The molecule has 1 amide bonds. The van der Waals surface area contributed by atoms with Crippen LogP contribution in [0.4, 0.5) is 5.13 Å². The van der Waals surface area contributed by atoms with Crippen LogP contribution in [0.2, 0.25) is 5.02 Å². The van der Waals surface area contributed by atoms with Crippen LogP contribution >= 0.6 is 22.9 Å². The lowest BCUT2D eigenvalue weighted by Gasteiger charge is -2.07. The van der Waals surface area contributed by atoms with E-state index in [1.54, 1.807) is 18.2 Å². The van der Waals surface area contributed by atoms with Gasteiger partial charge in [0.1, 0.15) is 10.8 Å². The van der Waals surface area contributed by atoms with E-state index in [1.165, 1.54) is 24.0 Å². The van der Waals surface area contributed by atoms with Gasteiger partial charge >= 0.3 is 0 Å². The highest BCUT2D eigenvalue weighted by molar-refractivity contribution is 7.18. The summed E-state index contributed by atoms with van der Waals surface area (Å²) in [6, 6.07) is 12.8. The molecule has 122 valence electrons. The molecule has 0 bridgehead atoms. The quantitative estimate of drug-likeness (QED) is 0.748. The molecule has 0 aliphatic carbocycles. The molecule has 3 rings (SSSR count). The Morgan fingerprint density at radius 2 is 1.92 bits per heavy atom. The van der Waals surface area contributed by atoms with E-state index in [0.717, 1.165) is 10.6 Å². The van der Waals surface area contributed by atoms with Gasteiger partial charge in [-0.1, -0.05) is 52.8 Å². The second-order valence-electron chi connectivity index (χ2n) is 5.08. The van der Waals surface area contributed by atoms with Crippen LogP contribution in [0.15, 0.2) is 42.5 Å². The van der Waals surface area contributed by atoms with Gasteiger partial charge in [0.15, 0.2) is 0 Å². The molecule has 3 aromatic rings. The number of hydrogen-bond donors (Lipinski definition) is 1. The number of amides is 1. The molecule has 2 aromatic carbocycles. The fourth-order valence-electron chi connectivity index (χ4n) is 2.11. The van der Waals surface area contributed by atoms with Crippen molar-refractivity contribution in [2.45, 2.75) is 6.92 Å². The van der Waals surface area contributed by atoms with Crippen molar-refractivity contribution < 1.29 is 9.53 Å². The van der Waals surface area contributed by atoms with Gasteiger partial charge in [-0.25, -0.2) is 0 Å². The third kappa shape index (κ3) is 3.55. The molecule has 0 aliphatic heterocycles. The number of aryl methyl sites for hydroxylation is 1.